The fourth-order valence-corrected chi connectivity index (χ4v) is 2.23. The van der Waals surface area contributed by atoms with Crippen molar-refractivity contribution >= 4 is 5.97 Å². The van der Waals surface area contributed by atoms with Gasteiger partial charge < -0.3 is 15.2 Å². The number of fused-ring (bicyclic) bond motifs is 1. The Balaban J connectivity index is 2.28. The third kappa shape index (κ3) is 2.52. The van der Waals surface area contributed by atoms with Gasteiger partial charge in [0.1, 0.15) is 5.60 Å². The Hall–Kier alpha value is -1.29. The normalized spacial score (nSPS) is 24.0. The minimum absolute atomic E-state index is 0.384. The molecular weight excluding hydrogens is 218 g/mol. The Morgan fingerprint density at radius 3 is 2.82 bits per heavy atom. The zero-order chi connectivity index (χ0) is 12.6. The first-order valence-electron chi connectivity index (χ1n) is 5.98. The predicted molar refractivity (Wildman–Crippen MR) is 63.9 cm³/mol. The van der Waals surface area contributed by atoms with Crippen molar-refractivity contribution in [1.29, 1.82) is 0 Å². The van der Waals surface area contributed by atoms with Crippen LogP contribution in [0.15, 0.2) is 22.9 Å². The number of hydrogen-bond acceptors (Lipinski definition) is 4. The van der Waals surface area contributed by atoms with Crippen molar-refractivity contribution in [3.05, 3.63) is 22.9 Å². The molecule has 0 saturated heterocycles. The lowest BCUT2D eigenvalue weighted by Crippen LogP contribution is -2.37. The second kappa shape index (κ2) is 4.18. The van der Waals surface area contributed by atoms with Gasteiger partial charge in [0.15, 0.2) is 6.23 Å². The van der Waals surface area contributed by atoms with Crippen LogP contribution in [0, 0.1) is 0 Å². The lowest BCUT2D eigenvalue weighted by molar-refractivity contribution is -0.151. The molecular formula is C13H19NO3. The van der Waals surface area contributed by atoms with Crippen LogP contribution in [0.4, 0.5) is 0 Å². The van der Waals surface area contributed by atoms with E-state index in [1.807, 2.05) is 20.8 Å². The molecule has 1 unspecified atom stereocenters. The highest BCUT2D eigenvalue weighted by atomic mass is 16.6. The van der Waals surface area contributed by atoms with Gasteiger partial charge in [-0.1, -0.05) is 0 Å². The molecule has 2 aliphatic rings. The Kier molecular flexibility index (Phi) is 3.00. The quantitative estimate of drug-likeness (QED) is 0.680. The number of aliphatic hydroxyl groups is 1. The molecule has 1 heterocycles. The van der Waals surface area contributed by atoms with Gasteiger partial charge in [-0.25, -0.2) is 4.79 Å². The number of carbonyl (C=O) groups excluding carboxylic acids is 1. The molecule has 0 aromatic heterocycles. The number of allylic oxidation sites excluding steroid dienone is 2. The lowest BCUT2D eigenvalue weighted by atomic mass is 9.99. The maximum absolute atomic E-state index is 12.1. The molecule has 1 saturated carbocycles. The smallest absolute Gasteiger partial charge is 0.339 e. The second-order valence-corrected chi connectivity index (χ2v) is 5.49. The van der Waals surface area contributed by atoms with Crippen molar-refractivity contribution < 1.29 is 14.6 Å². The Morgan fingerprint density at radius 1 is 1.47 bits per heavy atom. The summed E-state index contributed by atoms with van der Waals surface area (Å²) in [6.07, 6.45) is 3.70. The largest absolute Gasteiger partial charge is 0.456 e. The first-order valence-corrected chi connectivity index (χ1v) is 5.98. The first kappa shape index (κ1) is 12.2. The summed E-state index contributed by atoms with van der Waals surface area (Å²) in [7, 11) is 0. The minimum atomic E-state index is -0.943. The van der Waals surface area contributed by atoms with Crippen LogP contribution in [0.3, 0.4) is 0 Å². The molecule has 2 rings (SSSR count). The van der Waals surface area contributed by atoms with Crippen LogP contribution in [-0.2, 0) is 9.53 Å². The van der Waals surface area contributed by atoms with Gasteiger partial charge in [-0.05, 0) is 51.2 Å². The summed E-state index contributed by atoms with van der Waals surface area (Å²) in [5.41, 5.74) is 1.93. The van der Waals surface area contributed by atoms with E-state index >= 15 is 0 Å². The van der Waals surface area contributed by atoms with Crippen molar-refractivity contribution in [2.24, 2.45) is 0 Å². The third-order valence-corrected chi connectivity index (χ3v) is 2.89. The molecule has 1 aliphatic heterocycles. The van der Waals surface area contributed by atoms with Gasteiger partial charge >= 0.3 is 5.97 Å². The van der Waals surface area contributed by atoms with E-state index in [0.717, 1.165) is 30.4 Å². The summed E-state index contributed by atoms with van der Waals surface area (Å²) < 4.78 is 5.33. The van der Waals surface area contributed by atoms with Crippen LogP contribution in [0.25, 0.3) is 0 Å². The van der Waals surface area contributed by atoms with Gasteiger partial charge in [0.2, 0.25) is 0 Å². The third-order valence-electron chi connectivity index (χ3n) is 2.89. The van der Waals surface area contributed by atoms with Crippen LogP contribution < -0.4 is 5.32 Å². The van der Waals surface area contributed by atoms with E-state index in [0.29, 0.717) is 5.57 Å². The number of ether oxygens (including phenoxy) is 1. The topological polar surface area (TPSA) is 58.6 Å². The molecule has 94 valence electrons. The second-order valence-electron chi connectivity index (χ2n) is 5.49. The van der Waals surface area contributed by atoms with Gasteiger partial charge in [-0.15, -0.1) is 0 Å². The van der Waals surface area contributed by atoms with Crippen LogP contribution in [0.1, 0.15) is 40.0 Å². The van der Waals surface area contributed by atoms with Crippen molar-refractivity contribution in [1.82, 2.24) is 5.32 Å². The lowest BCUT2D eigenvalue weighted by Gasteiger charge is -2.26. The molecule has 0 spiro atoms. The van der Waals surface area contributed by atoms with E-state index in [1.54, 1.807) is 6.20 Å². The van der Waals surface area contributed by atoms with E-state index in [9.17, 15) is 9.90 Å². The van der Waals surface area contributed by atoms with Crippen LogP contribution in [-0.4, -0.2) is 22.9 Å². The Bertz CT molecular complexity index is 401. The molecule has 17 heavy (non-hydrogen) atoms. The summed E-state index contributed by atoms with van der Waals surface area (Å²) in [4.78, 5) is 12.1. The monoisotopic (exact) mass is 237 g/mol. The fraction of sp³-hybridized carbons (Fsp3) is 0.615. The molecule has 4 nitrogen and oxygen atoms in total. The van der Waals surface area contributed by atoms with E-state index in [4.69, 9.17) is 4.74 Å². The highest BCUT2D eigenvalue weighted by Crippen LogP contribution is 2.36. The van der Waals surface area contributed by atoms with Crippen LogP contribution in [0.2, 0.25) is 0 Å². The molecule has 1 aliphatic carbocycles. The average Bonchev–Trinajstić information content (AvgIpc) is 2.61. The number of esters is 1. The summed E-state index contributed by atoms with van der Waals surface area (Å²) >= 11 is 0. The number of rotatable bonds is 1. The zero-order valence-electron chi connectivity index (χ0n) is 10.5. The number of hydrogen-bond donors (Lipinski definition) is 2. The maximum atomic E-state index is 12.1. The van der Waals surface area contributed by atoms with Gasteiger partial charge in [-0.3, -0.25) is 0 Å². The highest BCUT2D eigenvalue weighted by molar-refractivity contribution is 5.92. The Labute approximate surface area is 101 Å². The number of aliphatic hydroxyl groups excluding tert-OH is 1. The van der Waals surface area contributed by atoms with E-state index in [1.165, 1.54) is 0 Å². The molecule has 0 radical (unpaired) electrons. The zero-order valence-corrected chi connectivity index (χ0v) is 10.5. The summed E-state index contributed by atoms with van der Waals surface area (Å²) in [6, 6.07) is 0. The molecule has 0 aromatic rings. The van der Waals surface area contributed by atoms with Crippen LogP contribution in [0.5, 0.6) is 0 Å². The fourth-order valence-electron chi connectivity index (χ4n) is 2.23. The molecule has 1 fully saturated rings. The van der Waals surface area contributed by atoms with E-state index < -0.39 is 17.8 Å². The van der Waals surface area contributed by atoms with Gasteiger partial charge in [0, 0.05) is 6.20 Å². The molecule has 4 heteroatoms. The van der Waals surface area contributed by atoms with Crippen molar-refractivity contribution in [3.63, 3.8) is 0 Å². The van der Waals surface area contributed by atoms with E-state index in [-0.39, 0.29) is 0 Å². The highest BCUT2D eigenvalue weighted by Gasteiger charge is 2.33. The number of carbonyl (C=O) groups is 1. The van der Waals surface area contributed by atoms with Crippen LogP contribution >= 0.6 is 0 Å². The van der Waals surface area contributed by atoms with E-state index in [2.05, 4.69) is 5.32 Å². The Morgan fingerprint density at radius 2 is 2.18 bits per heavy atom. The molecule has 1 atom stereocenters. The number of nitrogens with one attached hydrogen (secondary N) is 1. The summed E-state index contributed by atoms with van der Waals surface area (Å²) in [5, 5.41) is 12.7. The SMILES string of the molecule is CC(C)(C)OC(=O)C1=C2CCCC2=CNC1O. The first-order chi connectivity index (χ1) is 7.88. The van der Waals surface area contributed by atoms with Gasteiger partial charge in [-0.2, -0.15) is 0 Å². The van der Waals surface area contributed by atoms with Gasteiger partial charge in [0.25, 0.3) is 0 Å². The predicted octanol–water partition coefficient (Wildman–Crippen LogP) is 1.61. The van der Waals surface area contributed by atoms with Crippen molar-refractivity contribution in [3.8, 4) is 0 Å². The molecule has 0 amide bonds. The minimum Gasteiger partial charge on any atom is -0.456 e. The molecule has 0 bridgehead atoms. The van der Waals surface area contributed by atoms with Crippen molar-refractivity contribution in [2.75, 3.05) is 0 Å². The number of dihydropyridines is 1. The van der Waals surface area contributed by atoms with Gasteiger partial charge in [0.05, 0.1) is 5.57 Å². The average molecular weight is 237 g/mol. The van der Waals surface area contributed by atoms with Crippen molar-refractivity contribution in [2.45, 2.75) is 51.9 Å². The summed E-state index contributed by atoms with van der Waals surface area (Å²) in [6.45, 7) is 5.47. The standard InChI is InChI=1S/C13H19NO3/c1-13(2,3)17-12(16)10-9-6-4-5-8(9)7-14-11(10)15/h7,11,14-15H,4-6H2,1-3H3. The maximum Gasteiger partial charge on any atom is 0.339 e. The summed E-state index contributed by atoms with van der Waals surface area (Å²) in [5.74, 6) is -0.417. The molecule has 2 N–H and O–H groups in total. The molecule has 0 aromatic carbocycles.